The molecular formula is C79H72F3N7. The van der Waals surface area contributed by atoms with Crippen molar-refractivity contribution in [2.24, 2.45) is 0 Å². The molecule has 4 aromatic heterocycles. The van der Waals surface area contributed by atoms with Crippen LogP contribution in [-0.2, 0) is 27.8 Å². The van der Waals surface area contributed by atoms with Crippen LogP contribution < -0.4 is 4.90 Å². The number of para-hydroxylation sites is 4. The van der Waals surface area contributed by atoms with Gasteiger partial charge in [0.05, 0.1) is 39.0 Å². The molecule has 9 aromatic carbocycles. The third kappa shape index (κ3) is 10.9. The quantitative estimate of drug-likeness (QED) is 0.144. The maximum Gasteiger partial charge on any atom is 0.416 e. The van der Waals surface area contributed by atoms with E-state index >= 15 is 13.2 Å². The number of rotatable bonds is 9. The number of alkyl halides is 3. The first kappa shape index (κ1) is 58.4. The van der Waals surface area contributed by atoms with Crippen molar-refractivity contribution in [1.29, 1.82) is 0 Å². The Morgan fingerprint density at radius 2 is 0.742 bits per heavy atom. The van der Waals surface area contributed by atoms with Crippen molar-refractivity contribution < 1.29 is 13.2 Å². The van der Waals surface area contributed by atoms with Crippen LogP contribution in [0.5, 0.6) is 0 Å². The normalized spacial score (nSPS) is 12.7. The minimum atomic E-state index is -4.59. The van der Waals surface area contributed by atoms with E-state index in [2.05, 4.69) is 200 Å². The molecule has 4 heterocycles. The molecule has 0 amide bonds. The molecule has 0 saturated carbocycles. The summed E-state index contributed by atoms with van der Waals surface area (Å²) in [4.78, 5) is 23.5. The van der Waals surface area contributed by atoms with Gasteiger partial charge in [-0.2, -0.15) is 13.2 Å². The third-order valence-electron chi connectivity index (χ3n) is 17.2. The van der Waals surface area contributed by atoms with Crippen molar-refractivity contribution in [3.05, 3.63) is 246 Å². The molecule has 7 nitrogen and oxygen atoms in total. The fraction of sp³-hybridized carbons (Fsp3) is 0.215. The van der Waals surface area contributed by atoms with E-state index in [-0.39, 0.29) is 21.7 Å². The number of nitrogens with zero attached hydrogens (tertiary/aromatic N) is 7. The monoisotopic (exact) mass is 1180 g/mol. The lowest BCUT2D eigenvalue weighted by molar-refractivity contribution is -0.137. The van der Waals surface area contributed by atoms with E-state index in [1.807, 2.05) is 91.1 Å². The van der Waals surface area contributed by atoms with Crippen molar-refractivity contribution in [3.8, 4) is 56.7 Å². The molecule has 0 aliphatic rings. The van der Waals surface area contributed by atoms with Gasteiger partial charge in [0.2, 0.25) is 0 Å². The number of hydrogen-bond donors (Lipinski definition) is 0. The zero-order valence-electron chi connectivity index (χ0n) is 52.5. The molecule has 13 aromatic rings. The molecule has 0 spiro atoms. The van der Waals surface area contributed by atoms with Gasteiger partial charge in [0, 0.05) is 78.8 Å². The topological polar surface area (TPSA) is 64.7 Å². The molecule has 0 radical (unpaired) electrons. The van der Waals surface area contributed by atoms with Crippen LogP contribution in [0.2, 0.25) is 0 Å². The summed E-state index contributed by atoms with van der Waals surface area (Å²) in [7, 11) is 0. The van der Waals surface area contributed by atoms with Gasteiger partial charge in [-0.1, -0.05) is 168 Å². The van der Waals surface area contributed by atoms with Crippen molar-refractivity contribution in [1.82, 2.24) is 29.1 Å². The molecule has 0 N–H and O–H groups in total. The van der Waals surface area contributed by atoms with E-state index in [4.69, 9.17) is 19.9 Å². The fourth-order valence-electron chi connectivity index (χ4n) is 12.3. The van der Waals surface area contributed by atoms with Crippen molar-refractivity contribution in [2.75, 3.05) is 4.90 Å². The third-order valence-corrected chi connectivity index (χ3v) is 17.2. The van der Waals surface area contributed by atoms with E-state index in [0.29, 0.717) is 39.4 Å². The number of pyridine rings is 1. The molecule has 0 aliphatic carbocycles. The largest absolute Gasteiger partial charge is 0.416 e. The van der Waals surface area contributed by atoms with E-state index in [1.165, 1.54) is 34.4 Å². The van der Waals surface area contributed by atoms with Crippen molar-refractivity contribution >= 4 is 60.7 Å². The second-order valence-corrected chi connectivity index (χ2v) is 27.7. The lowest BCUT2D eigenvalue weighted by Gasteiger charge is -2.26. The number of aromatic nitrogens is 6. The summed E-state index contributed by atoms with van der Waals surface area (Å²) >= 11 is 0. The minimum absolute atomic E-state index is 0.180. The van der Waals surface area contributed by atoms with E-state index in [1.54, 1.807) is 12.3 Å². The van der Waals surface area contributed by atoms with Gasteiger partial charge in [0.15, 0.2) is 17.5 Å². The summed E-state index contributed by atoms with van der Waals surface area (Å²) in [5.74, 6) is 1.58. The first-order valence-corrected chi connectivity index (χ1v) is 30.5. The van der Waals surface area contributed by atoms with Gasteiger partial charge in [-0.15, -0.1) is 0 Å². The Morgan fingerprint density at radius 1 is 0.326 bits per heavy atom. The number of halogens is 3. The van der Waals surface area contributed by atoms with Crippen molar-refractivity contribution in [2.45, 2.75) is 111 Å². The summed E-state index contributed by atoms with van der Waals surface area (Å²) in [6.45, 7) is 26.9. The Balaban J connectivity index is 1.11. The highest BCUT2D eigenvalue weighted by molar-refractivity contribution is 6.12. The Hall–Kier alpha value is -9.67. The van der Waals surface area contributed by atoms with Crippen LogP contribution in [0.15, 0.2) is 219 Å². The van der Waals surface area contributed by atoms with Crippen LogP contribution in [0.3, 0.4) is 0 Å². The average molecular weight is 1180 g/mol. The smallest absolute Gasteiger partial charge is 0.310 e. The van der Waals surface area contributed by atoms with Gasteiger partial charge >= 0.3 is 6.18 Å². The number of hydrogen-bond acceptors (Lipinski definition) is 5. The van der Waals surface area contributed by atoms with Gasteiger partial charge < -0.3 is 14.0 Å². The Kier molecular flexibility index (Phi) is 14.1. The summed E-state index contributed by atoms with van der Waals surface area (Å²) in [6.07, 6.45) is -0.967. The Bertz CT molecular complexity index is 4620. The zero-order valence-corrected chi connectivity index (χ0v) is 52.5. The maximum absolute atomic E-state index is 15.0. The minimum Gasteiger partial charge on any atom is -0.310 e. The summed E-state index contributed by atoms with van der Waals surface area (Å²) < 4.78 is 49.5. The molecule has 0 atom stereocenters. The maximum atomic E-state index is 15.0. The lowest BCUT2D eigenvalue weighted by atomic mass is 9.79. The summed E-state index contributed by atoms with van der Waals surface area (Å²) in [5, 5.41) is 3.29. The van der Waals surface area contributed by atoms with Crippen LogP contribution in [0.4, 0.5) is 30.2 Å². The SMILES string of the molecule is CC(C)(C)c1cc(-c2nc(-c3cc(C(C)(C)C)cc(C(C)(C)C)c3)nc(-c3ccc(-n4c5ccccc5c5ccccc54)c(-c4cnccc4-n4c5ccc(N(c6ccccc6)c6ccccc6)cc5c5cc(C(F)(F)F)ccc54)c3)n2)cc(C(C)(C)C)c1. The van der Waals surface area contributed by atoms with E-state index in [0.717, 1.165) is 77.9 Å². The summed E-state index contributed by atoms with van der Waals surface area (Å²) in [5.41, 5.74) is 14.8. The van der Waals surface area contributed by atoms with Gasteiger partial charge in [0.1, 0.15) is 0 Å². The first-order chi connectivity index (χ1) is 42.3. The first-order valence-electron chi connectivity index (χ1n) is 30.5. The molecular weight excluding hydrogens is 1100 g/mol. The molecule has 0 fully saturated rings. The van der Waals surface area contributed by atoms with Crippen LogP contribution in [0.1, 0.15) is 111 Å². The van der Waals surface area contributed by atoms with Gasteiger partial charge in [-0.25, -0.2) is 15.0 Å². The molecule has 444 valence electrons. The molecule has 0 bridgehead atoms. The standard InChI is InChI=1S/C79H72F3N7/c1-75(2,3)53-39-50(40-54(44-53)76(4,5)6)73-84-72(85-74(86-73)51-41-55(77(7,8)9)45-56(42-51)78(10,11)12)49-31-34-68(88-66-29-21-19-27-60(66)61-28-20-22-30-67(61)88)62(43-49)65-48-83-38-37-71(65)89-69-35-32-52(79(80,81)82)46-63(69)64-47-59(33-36-70(64)89)87(57-23-15-13-16-24-57)58-25-17-14-18-26-58/h13-48H,1-12H3. The van der Waals surface area contributed by atoms with Crippen LogP contribution in [0.25, 0.3) is 100 Å². The zero-order chi connectivity index (χ0) is 62.5. The Labute approximate surface area is 519 Å². The predicted octanol–water partition coefficient (Wildman–Crippen LogP) is 21.8. The average Bonchev–Trinajstić information content (AvgIpc) is 1.61. The highest BCUT2D eigenvalue weighted by Crippen LogP contribution is 2.46. The molecule has 10 heteroatoms. The fourth-order valence-corrected chi connectivity index (χ4v) is 12.3. The predicted molar refractivity (Wildman–Crippen MR) is 363 cm³/mol. The molecule has 0 unspecified atom stereocenters. The second-order valence-electron chi connectivity index (χ2n) is 27.7. The van der Waals surface area contributed by atoms with Crippen LogP contribution in [-0.4, -0.2) is 29.1 Å². The van der Waals surface area contributed by atoms with Gasteiger partial charge in [-0.3, -0.25) is 4.98 Å². The number of benzene rings is 9. The van der Waals surface area contributed by atoms with Gasteiger partial charge in [0.25, 0.3) is 0 Å². The number of fused-ring (bicyclic) bond motifs is 6. The van der Waals surface area contributed by atoms with E-state index < -0.39 is 11.7 Å². The Morgan fingerprint density at radius 3 is 1.21 bits per heavy atom. The van der Waals surface area contributed by atoms with Crippen LogP contribution in [0, 0.1) is 0 Å². The molecule has 0 saturated heterocycles. The van der Waals surface area contributed by atoms with Crippen molar-refractivity contribution in [3.63, 3.8) is 0 Å². The lowest BCUT2D eigenvalue weighted by Crippen LogP contribution is -2.17. The second kappa shape index (κ2) is 21.6. The molecule has 89 heavy (non-hydrogen) atoms. The molecule has 13 rings (SSSR count). The van der Waals surface area contributed by atoms with Gasteiger partial charge in [-0.05, 0) is 165 Å². The summed E-state index contributed by atoms with van der Waals surface area (Å²) in [6, 6.07) is 69.0. The molecule has 0 aliphatic heterocycles. The van der Waals surface area contributed by atoms with Crippen LogP contribution >= 0.6 is 0 Å². The highest BCUT2D eigenvalue weighted by Gasteiger charge is 2.33. The number of anilines is 3. The van der Waals surface area contributed by atoms with E-state index in [9.17, 15) is 0 Å². The highest BCUT2D eigenvalue weighted by atomic mass is 19.4.